The van der Waals surface area contributed by atoms with Gasteiger partial charge in [-0.1, -0.05) is 47.7 Å². The normalized spacial score (nSPS) is 13.2. The quantitative estimate of drug-likeness (QED) is 0.237. The number of ether oxygens (including phenoxy) is 1. The number of para-hydroxylation sites is 1. The molecule has 38 heavy (non-hydrogen) atoms. The van der Waals surface area contributed by atoms with Crippen molar-refractivity contribution in [3.63, 3.8) is 0 Å². The average molecular weight is 516 g/mol. The van der Waals surface area contributed by atoms with Crippen molar-refractivity contribution < 1.29 is 4.74 Å². The molecule has 0 bridgehead atoms. The highest BCUT2D eigenvalue weighted by molar-refractivity contribution is 7.17. The summed E-state index contributed by atoms with van der Waals surface area (Å²) >= 11 is 1.68. The Kier molecular flexibility index (Phi) is 5.37. The third-order valence-electron chi connectivity index (χ3n) is 6.75. The van der Waals surface area contributed by atoms with Crippen LogP contribution in [0, 0.1) is 6.92 Å². The van der Waals surface area contributed by atoms with Crippen LogP contribution in [0.4, 0.5) is 5.69 Å². The van der Waals surface area contributed by atoms with E-state index < -0.39 is 0 Å². The third kappa shape index (κ3) is 3.88. The Morgan fingerprint density at radius 3 is 2.53 bits per heavy atom. The van der Waals surface area contributed by atoms with Gasteiger partial charge in [0.1, 0.15) is 21.5 Å². The summed E-state index contributed by atoms with van der Waals surface area (Å²) in [4.78, 5) is 14.0. The molecule has 0 amide bonds. The number of rotatable bonds is 5. The van der Waals surface area contributed by atoms with Crippen LogP contribution in [0.1, 0.15) is 5.69 Å². The van der Waals surface area contributed by atoms with E-state index in [1.165, 1.54) is 0 Å². The highest BCUT2D eigenvalue weighted by Gasteiger charge is 2.18. The van der Waals surface area contributed by atoms with Crippen molar-refractivity contribution in [1.29, 1.82) is 0 Å². The summed E-state index contributed by atoms with van der Waals surface area (Å²) in [5, 5.41) is 3.20. The zero-order chi connectivity index (χ0) is 25.6. The lowest BCUT2D eigenvalue weighted by Crippen LogP contribution is -2.21. The van der Waals surface area contributed by atoms with E-state index in [0.29, 0.717) is 0 Å². The van der Waals surface area contributed by atoms with Crippen LogP contribution in [0.25, 0.3) is 37.5 Å². The van der Waals surface area contributed by atoms with Gasteiger partial charge in [0.2, 0.25) is 0 Å². The minimum absolute atomic E-state index is 0.782. The van der Waals surface area contributed by atoms with E-state index in [4.69, 9.17) is 9.72 Å². The van der Waals surface area contributed by atoms with Gasteiger partial charge in [-0.25, -0.2) is 4.98 Å². The Bertz CT molecular complexity index is 1780. The molecule has 6 aromatic rings. The first-order valence-corrected chi connectivity index (χ1v) is 13.3. The molecule has 1 aliphatic heterocycles. The molecule has 0 N–H and O–H groups in total. The summed E-state index contributed by atoms with van der Waals surface area (Å²) in [6.07, 6.45) is 6.00. The molecule has 1 aliphatic rings. The van der Waals surface area contributed by atoms with Crippen LogP contribution in [0.2, 0.25) is 0 Å². The molecule has 0 aliphatic carbocycles. The summed E-state index contributed by atoms with van der Waals surface area (Å²) in [6, 6.07) is 28.9. The van der Waals surface area contributed by atoms with Crippen molar-refractivity contribution in [1.82, 2.24) is 19.4 Å². The lowest BCUT2D eigenvalue weighted by Gasteiger charge is -2.19. The van der Waals surface area contributed by atoms with Crippen LogP contribution in [0.5, 0.6) is 11.5 Å². The third-order valence-corrected chi connectivity index (χ3v) is 7.94. The first-order valence-electron chi connectivity index (χ1n) is 12.5. The number of hydrogen-bond donors (Lipinski definition) is 0. The van der Waals surface area contributed by atoms with Gasteiger partial charge in [0, 0.05) is 48.3 Å². The molecule has 0 radical (unpaired) electrons. The molecule has 6 nitrogen and oxygen atoms in total. The fraction of sp³-hybridized carbons (Fsp3) is 0.0968. The first-order chi connectivity index (χ1) is 18.6. The second kappa shape index (κ2) is 9.04. The lowest BCUT2D eigenvalue weighted by atomic mass is 10.2. The molecular weight excluding hydrogens is 490 g/mol. The van der Waals surface area contributed by atoms with Crippen LogP contribution >= 0.6 is 11.3 Å². The Balaban J connectivity index is 1.23. The minimum atomic E-state index is 0.782. The minimum Gasteiger partial charge on any atom is -0.457 e. The molecule has 0 saturated carbocycles. The predicted molar refractivity (Wildman–Crippen MR) is 155 cm³/mol. The topological polar surface area (TPSA) is 46.4 Å². The SMILES string of the molecule is Cc1nc(-c2cccc(Oc3cccc(N4C=CN(C)C4)c3)c2)sc1-n1c2ccccc2c2ncccc21. The molecule has 3 aromatic carbocycles. The number of benzene rings is 3. The number of aryl methyl sites for hydroxylation is 1. The average Bonchev–Trinajstić information content (AvgIpc) is 3.64. The molecule has 4 heterocycles. The van der Waals surface area contributed by atoms with E-state index in [1.54, 1.807) is 11.3 Å². The lowest BCUT2D eigenvalue weighted by molar-refractivity contribution is 0.481. The standard InChI is InChI=1S/C31H25N5OS/c1-21-31(36-27-13-4-3-12-26(27)29-28(36)14-7-15-32-29)38-30(33-21)22-8-5-10-24(18-22)37-25-11-6-9-23(19-25)35-17-16-34(2)20-35/h3-19H,20H2,1-2H3. The zero-order valence-corrected chi connectivity index (χ0v) is 21.9. The van der Waals surface area contributed by atoms with Crippen LogP contribution < -0.4 is 9.64 Å². The highest BCUT2D eigenvalue weighted by atomic mass is 32.1. The van der Waals surface area contributed by atoms with E-state index in [0.717, 1.165) is 67.1 Å². The van der Waals surface area contributed by atoms with Gasteiger partial charge in [0.15, 0.2) is 0 Å². The maximum atomic E-state index is 6.29. The number of fused-ring (bicyclic) bond motifs is 3. The molecule has 186 valence electrons. The Morgan fingerprint density at radius 2 is 1.66 bits per heavy atom. The predicted octanol–water partition coefficient (Wildman–Crippen LogP) is 7.58. The monoisotopic (exact) mass is 515 g/mol. The fourth-order valence-electron chi connectivity index (χ4n) is 4.97. The van der Waals surface area contributed by atoms with Crippen LogP contribution in [0.3, 0.4) is 0 Å². The number of pyridine rings is 1. The number of thiazole rings is 1. The summed E-state index contributed by atoms with van der Waals surface area (Å²) in [5.74, 6) is 1.58. The van der Waals surface area contributed by atoms with Crippen molar-refractivity contribution in [2.45, 2.75) is 6.92 Å². The van der Waals surface area contributed by atoms with Gasteiger partial charge in [-0.05, 0) is 49.4 Å². The van der Waals surface area contributed by atoms with Crippen molar-refractivity contribution >= 4 is 39.0 Å². The van der Waals surface area contributed by atoms with Crippen molar-refractivity contribution in [3.8, 4) is 27.1 Å². The maximum Gasteiger partial charge on any atom is 0.129 e. The number of anilines is 1. The first kappa shape index (κ1) is 22.6. The summed E-state index contributed by atoms with van der Waals surface area (Å²) < 4.78 is 8.57. The van der Waals surface area contributed by atoms with Gasteiger partial charge in [0.25, 0.3) is 0 Å². The largest absolute Gasteiger partial charge is 0.457 e. The van der Waals surface area contributed by atoms with Crippen molar-refractivity contribution in [3.05, 3.63) is 109 Å². The van der Waals surface area contributed by atoms with Crippen molar-refractivity contribution in [2.75, 3.05) is 18.6 Å². The van der Waals surface area contributed by atoms with E-state index in [-0.39, 0.29) is 0 Å². The maximum absolute atomic E-state index is 6.29. The van der Waals surface area contributed by atoms with Crippen molar-refractivity contribution in [2.24, 2.45) is 0 Å². The molecule has 3 aromatic heterocycles. The van der Waals surface area contributed by atoms with Gasteiger partial charge in [-0.15, -0.1) is 0 Å². The summed E-state index contributed by atoms with van der Waals surface area (Å²) in [5.41, 5.74) is 6.34. The van der Waals surface area contributed by atoms with Gasteiger partial charge >= 0.3 is 0 Å². The molecule has 0 atom stereocenters. The molecule has 7 heteroatoms. The molecule has 0 unspecified atom stereocenters. The van der Waals surface area contributed by atoms with E-state index >= 15 is 0 Å². The zero-order valence-electron chi connectivity index (χ0n) is 21.1. The van der Waals surface area contributed by atoms with Crippen LogP contribution in [-0.4, -0.2) is 33.2 Å². The Hall–Kier alpha value is -4.62. The van der Waals surface area contributed by atoms with E-state index in [2.05, 4.69) is 100 Å². The molecule has 7 rings (SSSR count). The van der Waals surface area contributed by atoms with Crippen LogP contribution in [-0.2, 0) is 0 Å². The highest BCUT2D eigenvalue weighted by Crippen LogP contribution is 2.38. The van der Waals surface area contributed by atoms with Gasteiger partial charge in [0.05, 0.1) is 28.9 Å². The molecule has 0 fully saturated rings. The molecule has 0 spiro atoms. The number of hydrogen-bond acceptors (Lipinski definition) is 6. The summed E-state index contributed by atoms with van der Waals surface area (Å²) in [6.45, 7) is 2.90. The van der Waals surface area contributed by atoms with E-state index in [1.807, 2.05) is 36.5 Å². The van der Waals surface area contributed by atoms with Gasteiger partial charge in [-0.2, -0.15) is 0 Å². The Morgan fingerprint density at radius 1 is 0.842 bits per heavy atom. The van der Waals surface area contributed by atoms with Gasteiger partial charge < -0.3 is 14.5 Å². The second-order valence-corrected chi connectivity index (χ2v) is 10.4. The Labute approximate surface area is 224 Å². The molecule has 0 saturated heterocycles. The van der Waals surface area contributed by atoms with Crippen LogP contribution in [0.15, 0.2) is 104 Å². The second-order valence-electron chi connectivity index (χ2n) is 9.43. The van der Waals surface area contributed by atoms with Gasteiger partial charge in [-0.3, -0.25) is 9.55 Å². The number of aromatic nitrogens is 3. The fourth-order valence-corrected chi connectivity index (χ4v) is 6.06. The summed E-state index contributed by atoms with van der Waals surface area (Å²) in [7, 11) is 2.06. The number of nitrogens with zero attached hydrogens (tertiary/aromatic N) is 5. The smallest absolute Gasteiger partial charge is 0.129 e. The molecular formula is C31H25N5OS. The van der Waals surface area contributed by atoms with E-state index in [9.17, 15) is 0 Å².